The van der Waals surface area contributed by atoms with Gasteiger partial charge in [-0.25, -0.2) is 4.79 Å². The fraction of sp³-hybridized carbons (Fsp3) is 0.647. The summed E-state index contributed by atoms with van der Waals surface area (Å²) in [5.41, 5.74) is 5.16. The third-order valence-corrected chi connectivity index (χ3v) is 3.63. The number of carbonyl (C=O) groups excluding carboxylic acids is 4. The number of hydrogen-bond donors (Lipinski definition) is 4. The van der Waals surface area contributed by atoms with Crippen LogP contribution in [0.25, 0.3) is 0 Å². The van der Waals surface area contributed by atoms with Gasteiger partial charge in [-0.1, -0.05) is 20.8 Å². The first-order valence-electron chi connectivity index (χ1n) is 8.41. The second-order valence-corrected chi connectivity index (χ2v) is 6.52. The molecule has 0 saturated carbocycles. The van der Waals surface area contributed by atoms with Crippen LogP contribution in [0.4, 0.5) is 0 Å². The fourth-order valence-electron chi connectivity index (χ4n) is 2.10. The highest BCUT2D eigenvalue weighted by Crippen LogP contribution is 2.07. The Kier molecular flexibility index (Phi) is 10.3. The van der Waals surface area contributed by atoms with Crippen LogP contribution in [0.5, 0.6) is 0 Å². The Bertz CT molecular complexity index is 479. The van der Waals surface area contributed by atoms with E-state index in [4.69, 9.17) is 5.73 Å². The summed E-state index contributed by atoms with van der Waals surface area (Å²) >= 11 is 0. The highest BCUT2D eigenvalue weighted by atomic mass is 16.2. The Morgan fingerprint density at radius 2 is 1.64 bits per heavy atom. The number of carbonyl (C=O) groups is 4. The van der Waals surface area contributed by atoms with Crippen LogP contribution in [0.1, 0.15) is 47.0 Å². The van der Waals surface area contributed by atoms with Gasteiger partial charge in [0.15, 0.2) is 6.42 Å². The van der Waals surface area contributed by atoms with Gasteiger partial charge in [0.25, 0.3) is 0 Å². The predicted molar refractivity (Wildman–Crippen MR) is 94.4 cm³/mol. The van der Waals surface area contributed by atoms with E-state index < -0.39 is 35.7 Å². The SMILES string of the molecule is [CH2]NC(=O)[C@H](CC(C)C)NC(=O)[C@H](CC(N)=O)NC(=O)[CH+][C@@H](C)CC. The molecule has 0 unspecified atom stereocenters. The lowest BCUT2D eigenvalue weighted by atomic mass is 10.0. The summed E-state index contributed by atoms with van der Waals surface area (Å²) in [7, 11) is 3.31. The molecule has 141 valence electrons. The Morgan fingerprint density at radius 3 is 2.08 bits per heavy atom. The van der Waals surface area contributed by atoms with Crippen molar-refractivity contribution in [3.63, 3.8) is 0 Å². The van der Waals surface area contributed by atoms with Gasteiger partial charge in [0.1, 0.15) is 18.0 Å². The van der Waals surface area contributed by atoms with E-state index in [1.54, 1.807) is 0 Å². The number of nitrogens with one attached hydrogen (secondary N) is 3. The standard InChI is InChI=1S/C17H29N4O4/c1-6-11(4)8-15(23)20-13(9-14(18)22)17(25)21-12(7-10(2)3)16(24)19-5/h8,10-13H,5-7,9H2,1-4H3,(H4-,18,19,20,21,22,23,24,25)/p+1/t11-,12-,13-/m0/s1. The summed E-state index contributed by atoms with van der Waals surface area (Å²) in [5.74, 6) is -2.10. The molecular weight excluding hydrogens is 324 g/mol. The largest absolute Gasteiger partial charge is 0.402 e. The molecule has 8 heteroatoms. The van der Waals surface area contributed by atoms with E-state index in [2.05, 4.69) is 23.0 Å². The number of rotatable bonds is 11. The number of amides is 4. The van der Waals surface area contributed by atoms with Gasteiger partial charge < -0.3 is 21.7 Å². The second kappa shape index (κ2) is 11.3. The molecule has 0 aliphatic heterocycles. The highest BCUT2D eigenvalue weighted by molar-refractivity contribution is 5.96. The van der Waals surface area contributed by atoms with E-state index in [9.17, 15) is 19.2 Å². The van der Waals surface area contributed by atoms with Gasteiger partial charge in [-0.05, 0) is 25.7 Å². The smallest absolute Gasteiger partial charge is 0.370 e. The first-order chi connectivity index (χ1) is 11.6. The highest BCUT2D eigenvalue weighted by Gasteiger charge is 2.30. The van der Waals surface area contributed by atoms with Gasteiger partial charge >= 0.3 is 5.91 Å². The molecule has 1 radical (unpaired) electrons. The second-order valence-electron chi connectivity index (χ2n) is 6.52. The normalized spacial score (nSPS) is 14.2. The summed E-state index contributed by atoms with van der Waals surface area (Å²) < 4.78 is 0. The number of primary amides is 1. The van der Waals surface area contributed by atoms with E-state index in [0.29, 0.717) is 6.42 Å². The summed E-state index contributed by atoms with van der Waals surface area (Å²) in [6.45, 7) is 7.59. The maximum Gasteiger partial charge on any atom is 0.402 e. The zero-order valence-electron chi connectivity index (χ0n) is 15.4. The van der Waals surface area contributed by atoms with E-state index in [-0.39, 0.29) is 18.3 Å². The molecule has 0 bridgehead atoms. The van der Waals surface area contributed by atoms with E-state index >= 15 is 0 Å². The first kappa shape index (κ1) is 22.8. The molecular formula is C17H30N4O4+. The van der Waals surface area contributed by atoms with Crippen molar-refractivity contribution in [2.24, 2.45) is 17.6 Å². The van der Waals surface area contributed by atoms with Crippen LogP contribution in [0, 0.1) is 25.3 Å². The lowest BCUT2D eigenvalue weighted by molar-refractivity contribution is -0.133. The van der Waals surface area contributed by atoms with Crippen molar-refractivity contribution in [3.05, 3.63) is 13.5 Å². The molecule has 0 aliphatic rings. The zero-order chi connectivity index (χ0) is 19.6. The molecule has 0 heterocycles. The van der Waals surface area contributed by atoms with Crippen LogP contribution in [-0.4, -0.2) is 35.7 Å². The number of nitrogens with two attached hydrogens (primary N) is 1. The van der Waals surface area contributed by atoms with Crippen molar-refractivity contribution >= 4 is 23.6 Å². The van der Waals surface area contributed by atoms with Crippen LogP contribution in [0.2, 0.25) is 0 Å². The van der Waals surface area contributed by atoms with Crippen LogP contribution in [0.3, 0.4) is 0 Å². The predicted octanol–water partition coefficient (Wildman–Crippen LogP) is 0.0357. The zero-order valence-corrected chi connectivity index (χ0v) is 15.4. The number of hydrogen-bond acceptors (Lipinski definition) is 4. The molecule has 3 atom stereocenters. The molecule has 0 fully saturated rings. The lowest BCUT2D eigenvalue weighted by Crippen LogP contribution is -2.54. The van der Waals surface area contributed by atoms with Crippen LogP contribution in [0.15, 0.2) is 0 Å². The molecule has 0 aromatic carbocycles. The van der Waals surface area contributed by atoms with E-state index in [1.165, 1.54) is 6.42 Å². The molecule has 0 saturated heterocycles. The fourth-order valence-corrected chi connectivity index (χ4v) is 2.10. The van der Waals surface area contributed by atoms with Gasteiger partial charge in [-0.15, -0.1) is 0 Å². The van der Waals surface area contributed by atoms with Crippen LogP contribution in [-0.2, 0) is 19.2 Å². The quantitative estimate of drug-likeness (QED) is 0.390. The lowest BCUT2D eigenvalue weighted by Gasteiger charge is -2.22. The van der Waals surface area contributed by atoms with Crippen molar-refractivity contribution in [1.29, 1.82) is 0 Å². The Hall–Kier alpha value is -2.25. The van der Waals surface area contributed by atoms with Gasteiger partial charge in [0, 0.05) is 7.05 Å². The average molecular weight is 354 g/mol. The Balaban J connectivity index is 5.04. The molecule has 0 aromatic rings. The minimum atomic E-state index is -1.14. The van der Waals surface area contributed by atoms with Gasteiger partial charge in [-0.2, -0.15) is 0 Å². The maximum atomic E-state index is 12.4. The van der Waals surface area contributed by atoms with Crippen molar-refractivity contribution in [2.45, 2.75) is 59.0 Å². The molecule has 25 heavy (non-hydrogen) atoms. The molecule has 0 spiro atoms. The van der Waals surface area contributed by atoms with Crippen molar-refractivity contribution < 1.29 is 19.2 Å². The molecule has 5 N–H and O–H groups in total. The van der Waals surface area contributed by atoms with Gasteiger partial charge in [0.2, 0.25) is 17.7 Å². The van der Waals surface area contributed by atoms with Crippen molar-refractivity contribution in [3.8, 4) is 0 Å². The maximum absolute atomic E-state index is 12.4. The molecule has 0 aromatic heterocycles. The van der Waals surface area contributed by atoms with Crippen molar-refractivity contribution in [2.75, 3.05) is 0 Å². The molecule has 8 nitrogen and oxygen atoms in total. The summed E-state index contributed by atoms with van der Waals surface area (Å²) in [4.78, 5) is 47.5. The third-order valence-electron chi connectivity index (χ3n) is 3.63. The monoisotopic (exact) mass is 354 g/mol. The van der Waals surface area contributed by atoms with E-state index in [1.807, 2.05) is 27.7 Å². The summed E-state index contributed by atoms with van der Waals surface area (Å²) in [6, 6.07) is -1.95. The minimum Gasteiger partial charge on any atom is -0.370 e. The summed E-state index contributed by atoms with van der Waals surface area (Å²) in [5, 5.41) is 7.27. The Morgan fingerprint density at radius 1 is 1.04 bits per heavy atom. The topological polar surface area (TPSA) is 130 Å². The first-order valence-corrected chi connectivity index (χ1v) is 8.41. The van der Waals surface area contributed by atoms with Crippen LogP contribution < -0.4 is 21.7 Å². The van der Waals surface area contributed by atoms with Crippen molar-refractivity contribution in [1.82, 2.24) is 16.0 Å². The Labute approximate surface area is 149 Å². The van der Waals surface area contributed by atoms with E-state index in [0.717, 1.165) is 6.42 Å². The van der Waals surface area contributed by atoms with Gasteiger partial charge in [-0.3, -0.25) is 14.4 Å². The van der Waals surface area contributed by atoms with Gasteiger partial charge in [0.05, 0.1) is 6.42 Å². The minimum absolute atomic E-state index is 0.0305. The molecule has 0 rings (SSSR count). The van der Waals surface area contributed by atoms with Crippen LogP contribution >= 0.6 is 0 Å². The third kappa shape index (κ3) is 9.59. The molecule has 4 amide bonds. The summed E-state index contributed by atoms with van der Waals surface area (Å²) in [6.07, 6.45) is 2.24. The molecule has 0 aliphatic carbocycles. The average Bonchev–Trinajstić information content (AvgIpc) is 2.51.